The normalized spacial score (nSPS) is 13.5. The molecule has 4 heteroatoms. The summed E-state index contributed by atoms with van der Waals surface area (Å²) in [5.74, 6) is -3.75. The summed E-state index contributed by atoms with van der Waals surface area (Å²) in [7, 11) is 1.92. The maximum Gasteiger partial charge on any atom is 0.194 e. The minimum Gasteiger partial charge on any atom is -0.377 e. The Labute approximate surface area is 112 Å². The van der Waals surface area contributed by atoms with E-state index in [4.69, 9.17) is 0 Å². The minimum atomic E-state index is -1.43. The standard InChI is InChI=1S/C15H20F3N/c1-5-6-11(3)19(4)9-10(2)12-7-13(16)15(18)14(17)8-12/h7-9,11H,5-6H2,1-4H3/b10-9+. The van der Waals surface area contributed by atoms with E-state index < -0.39 is 17.5 Å². The van der Waals surface area contributed by atoms with E-state index in [9.17, 15) is 13.2 Å². The minimum absolute atomic E-state index is 0.343. The largest absolute Gasteiger partial charge is 0.377 e. The third kappa shape index (κ3) is 4.01. The molecule has 0 aliphatic carbocycles. The van der Waals surface area contributed by atoms with Gasteiger partial charge in [0.25, 0.3) is 0 Å². The van der Waals surface area contributed by atoms with Crippen LogP contribution < -0.4 is 0 Å². The number of rotatable bonds is 5. The lowest BCUT2D eigenvalue weighted by atomic mass is 10.1. The average Bonchev–Trinajstić information content (AvgIpc) is 2.35. The van der Waals surface area contributed by atoms with E-state index in [1.807, 2.05) is 18.1 Å². The van der Waals surface area contributed by atoms with Crippen molar-refractivity contribution < 1.29 is 13.2 Å². The molecule has 0 aliphatic heterocycles. The van der Waals surface area contributed by atoms with Crippen LogP contribution in [0.25, 0.3) is 5.57 Å². The fourth-order valence-electron chi connectivity index (χ4n) is 1.91. The van der Waals surface area contributed by atoms with Crippen molar-refractivity contribution in [2.45, 2.75) is 39.7 Å². The SMILES string of the molecule is CCCC(C)N(C)/C=C(\C)c1cc(F)c(F)c(F)c1. The van der Waals surface area contributed by atoms with Crippen LogP contribution in [-0.2, 0) is 0 Å². The summed E-state index contributed by atoms with van der Waals surface area (Å²) in [4.78, 5) is 2.00. The van der Waals surface area contributed by atoms with Gasteiger partial charge in [-0.2, -0.15) is 0 Å². The Morgan fingerprint density at radius 1 is 1.26 bits per heavy atom. The van der Waals surface area contributed by atoms with Gasteiger partial charge in [0.1, 0.15) is 0 Å². The van der Waals surface area contributed by atoms with E-state index in [0.717, 1.165) is 25.0 Å². The Morgan fingerprint density at radius 2 is 1.79 bits per heavy atom. The van der Waals surface area contributed by atoms with Crippen LogP contribution in [0.15, 0.2) is 18.3 Å². The average molecular weight is 271 g/mol. The van der Waals surface area contributed by atoms with Gasteiger partial charge < -0.3 is 4.90 Å². The zero-order valence-electron chi connectivity index (χ0n) is 11.8. The molecule has 0 bridgehead atoms. The monoisotopic (exact) mass is 271 g/mol. The van der Waals surface area contributed by atoms with Crippen molar-refractivity contribution in [2.75, 3.05) is 7.05 Å². The maximum absolute atomic E-state index is 13.2. The van der Waals surface area contributed by atoms with Gasteiger partial charge in [0.05, 0.1) is 0 Å². The predicted molar refractivity (Wildman–Crippen MR) is 72.1 cm³/mol. The van der Waals surface area contributed by atoms with Crippen molar-refractivity contribution >= 4 is 5.57 Å². The number of allylic oxidation sites excluding steroid dienone is 1. The quantitative estimate of drug-likeness (QED) is 0.708. The summed E-state index contributed by atoms with van der Waals surface area (Å²) < 4.78 is 39.2. The van der Waals surface area contributed by atoms with Crippen molar-refractivity contribution in [1.29, 1.82) is 0 Å². The Morgan fingerprint density at radius 3 is 2.26 bits per heavy atom. The van der Waals surface area contributed by atoms with E-state index >= 15 is 0 Å². The third-order valence-corrected chi connectivity index (χ3v) is 3.24. The lowest BCUT2D eigenvalue weighted by Gasteiger charge is -2.23. The lowest BCUT2D eigenvalue weighted by Crippen LogP contribution is -2.23. The number of hydrogen-bond acceptors (Lipinski definition) is 1. The fourth-order valence-corrected chi connectivity index (χ4v) is 1.91. The molecule has 1 rings (SSSR count). The Kier molecular flexibility index (Phi) is 5.45. The molecule has 1 aromatic rings. The molecule has 0 aliphatic rings. The number of benzene rings is 1. The molecule has 0 radical (unpaired) electrons. The first-order valence-electron chi connectivity index (χ1n) is 6.42. The van der Waals surface area contributed by atoms with Crippen LogP contribution in [0.3, 0.4) is 0 Å². The van der Waals surface area contributed by atoms with E-state index in [0.29, 0.717) is 17.2 Å². The van der Waals surface area contributed by atoms with Crippen LogP contribution in [0.4, 0.5) is 13.2 Å². The molecule has 1 aromatic carbocycles. The van der Waals surface area contributed by atoms with Gasteiger partial charge in [0.15, 0.2) is 17.5 Å². The zero-order valence-corrected chi connectivity index (χ0v) is 11.8. The fraction of sp³-hybridized carbons (Fsp3) is 0.467. The van der Waals surface area contributed by atoms with Crippen LogP contribution in [0.1, 0.15) is 39.2 Å². The van der Waals surface area contributed by atoms with Gasteiger partial charge in [-0.15, -0.1) is 0 Å². The van der Waals surface area contributed by atoms with E-state index in [1.54, 1.807) is 6.92 Å². The molecule has 0 fully saturated rings. The molecule has 19 heavy (non-hydrogen) atoms. The van der Waals surface area contributed by atoms with E-state index in [1.165, 1.54) is 0 Å². The molecule has 0 amide bonds. The molecule has 106 valence electrons. The Bertz CT molecular complexity index is 445. The Balaban J connectivity index is 2.96. The van der Waals surface area contributed by atoms with Crippen molar-refractivity contribution in [2.24, 2.45) is 0 Å². The summed E-state index contributed by atoms with van der Waals surface area (Å²) in [6, 6.07) is 2.38. The van der Waals surface area contributed by atoms with Gasteiger partial charge in [-0.1, -0.05) is 13.3 Å². The molecule has 0 N–H and O–H groups in total. The smallest absolute Gasteiger partial charge is 0.194 e. The van der Waals surface area contributed by atoms with Crippen molar-refractivity contribution in [3.8, 4) is 0 Å². The summed E-state index contributed by atoms with van der Waals surface area (Å²) in [5.41, 5.74) is 1.05. The van der Waals surface area contributed by atoms with Crippen molar-refractivity contribution in [3.63, 3.8) is 0 Å². The second-order valence-corrected chi connectivity index (χ2v) is 4.87. The van der Waals surface area contributed by atoms with Gasteiger partial charge in [0, 0.05) is 19.3 Å². The highest BCUT2D eigenvalue weighted by Gasteiger charge is 2.12. The molecular weight excluding hydrogens is 251 g/mol. The summed E-state index contributed by atoms with van der Waals surface area (Å²) in [6.45, 7) is 5.94. The number of halogens is 3. The third-order valence-electron chi connectivity index (χ3n) is 3.24. The highest BCUT2D eigenvalue weighted by atomic mass is 19.2. The van der Waals surface area contributed by atoms with Crippen molar-refractivity contribution in [3.05, 3.63) is 41.3 Å². The summed E-state index contributed by atoms with van der Waals surface area (Å²) in [6.07, 6.45) is 3.93. The van der Waals surface area contributed by atoms with Crippen molar-refractivity contribution in [1.82, 2.24) is 4.90 Å². The van der Waals surface area contributed by atoms with Gasteiger partial charge in [0.2, 0.25) is 0 Å². The molecular formula is C15H20F3N. The van der Waals surface area contributed by atoms with Crippen LogP contribution in [0.2, 0.25) is 0 Å². The summed E-state index contributed by atoms with van der Waals surface area (Å²) >= 11 is 0. The highest BCUT2D eigenvalue weighted by molar-refractivity contribution is 5.63. The molecule has 0 aromatic heterocycles. The van der Waals surface area contributed by atoms with E-state index in [-0.39, 0.29) is 0 Å². The first kappa shape index (κ1) is 15.6. The zero-order chi connectivity index (χ0) is 14.6. The second kappa shape index (κ2) is 6.64. The molecule has 0 spiro atoms. The van der Waals surface area contributed by atoms with Crippen LogP contribution >= 0.6 is 0 Å². The van der Waals surface area contributed by atoms with Gasteiger partial charge in [-0.05, 0) is 43.5 Å². The first-order chi connectivity index (χ1) is 8.86. The summed E-state index contributed by atoms with van der Waals surface area (Å²) in [5, 5.41) is 0. The molecule has 1 nitrogen and oxygen atoms in total. The van der Waals surface area contributed by atoms with Gasteiger partial charge in [-0.25, -0.2) is 13.2 Å². The lowest BCUT2D eigenvalue weighted by molar-refractivity contribution is 0.332. The van der Waals surface area contributed by atoms with E-state index in [2.05, 4.69) is 13.8 Å². The molecule has 0 saturated heterocycles. The van der Waals surface area contributed by atoms with Gasteiger partial charge in [-0.3, -0.25) is 0 Å². The van der Waals surface area contributed by atoms with Crippen LogP contribution in [-0.4, -0.2) is 18.0 Å². The molecule has 1 atom stereocenters. The number of nitrogens with zero attached hydrogens (tertiary/aromatic N) is 1. The first-order valence-corrected chi connectivity index (χ1v) is 6.42. The molecule has 1 unspecified atom stereocenters. The topological polar surface area (TPSA) is 3.24 Å². The van der Waals surface area contributed by atoms with Crippen LogP contribution in [0.5, 0.6) is 0 Å². The van der Waals surface area contributed by atoms with Crippen LogP contribution in [0, 0.1) is 17.5 Å². The number of hydrogen-bond donors (Lipinski definition) is 0. The predicted octanol–water partition coefficient (Wildman–Crippen LogP) is 4.59. The molecule has 0 saturated carbocycles. The maximum atomic E-state index is 13.2. The molecule has 0 heterocycles. The van der Waals surface area contributed by atoms with Gasteiger partial charge >= 0.3 is 0 Å². The highest BCUT2D eigenvalue weighted by Crippen LogP contribution is 2.21. The second-order valence-electron chi connectivity index (χ2n) is 4.87. The Hall–Kier alpha value is -1.45.